The monoisotopic (exact) mass is 694 g/mol. The summed E-state index contributed by atoms with van der Waals surface area (Å²) in [7, 11) is -8.87. The summed E-state index contributed by atoms with van der Waals surface area (Å²) >= 11 is 0. The maximum absolute atomic E-state index is 13.1. The van der Waals surface area contributed by atoms with E-state index in [4.69, 9.17) is 0 Å². The van der Waals surface area contributed by atoms with Gasteiger partial charge in [0.15, 0.2) is 0 Å². The van der Waals surface area contributed by atoms with Crippen molar-refractivity contribution in [2.45, 2.75) is 179 Å². The van der Waals surface area contributed by atoms with Crippen molar-refractivity contribution in [1.29, 1.82) is 0 Å². The van der Waals surface area contributed by atoms with Crippen LogP contribution in [0.5, 0.6) is 0 Å². The van der Waals surface area contributed by atoms with Crippen LogP contribution in [-0.4, -0.2) is 16.8 Å². The van der Waals surface area contributed by atoms with Crippen LogP contribution in [-0.2, 0) is 46.8 Å². The van der Waals surface area contributed by atoms with E-state index >= 15 is 0 Å². The average Bonchev–Trinajstić information content (AvgIpc) is 3.02. The van der Waals surface area contributed by atoms with Gasteiger partial charge in [0.25, 0.3) is 0 Å². The molecule has 0 saturated carbocycles. The van der Waals surface area contributed by atoms with Crippen molar-refractivity contribution >= 4 is 20.2 Å². The Kier molecular flexibility index (Phi) is 20.7. The van der Waals surface area contributed by atoms with E-state index in [0.29, 0.717) is 24.0 Å². The first kappa shape index (κ1) is 41.4. The van der Waals surface area contributed by atoms with E-state index in [1.165, 1.54) is 102 Å². The predicted molar refractivity (Wildman–Crippen MR) is 191 cm³/mol. The van der Waals surface area contributed by atoms with Gasteiger partial charge in [0, 0.05) is 0 Å². The molecular weight excluding hydrogens is 633 g/mol. The number of aryl methyl sites for hydroxylation is 4. The molecule has 0 radical (unpaired) electrons. The lowest BCUT2D eigenvalue weighted by atomic mass is 10.0. The van der Waals surface area contributed by atoms with Gasteiger partial charge in [-0.05, 0) is 67.8 Å². The second-order valence-electron chi connectivity index (χ2n) is 13.2. The first-order valence-corrected chi connectivity index (χ1v) is 21.2. The molecule has 0 heterocycles. The number of hydrogen-bond donors (Lipinski definition) is 0. The zero-order valence-electron chi connectivity index (χ0n) is 29.7. The van der Waals surface area contributed by atoms with Crippen molar-refractivity contribution in [2.24, 2.45) is 0 Å². The number of unbranched alkanes of at least 4 members (excludes halogenated alkanes) is 18. The molecule has 47 heavy (non-hydrogen) atoms. The molecule has 0 aliphatic rings. The van der Waals surface area contributed by atoms with Crippen LogP contribution in [0.3, 0.4) is 0 Å². The summed E-state index contributed by atoms with van der Waals surface area (Å²) in [6.07, 6.45) is 24.9. The summed E-state index contributed by atoms with van der Waals surface area (Å²) in [6, 6.07) is 9.96. The van der Waals surface area contributed by atoms with Gasteiger partial charge in [-0.15, -0.1) is 0 Å². The Balaban J connectivity index is 1.87. The molecule has 0 bridgehead atoms. The molecule has 2 aromatic carbocycles. The zero-order valence-corrected chi connectivity index (χ0v) is 31.3. The topological polar surface area (TPSA) is 96.0 Å². The fourth-order valence-corrected chi connectivity index (χ4v) is 7.88. The molecule has 0 aliphatic heterocycles. The fraction of sp³-hybridized carbons (Fsp3) is 0.684. The third-order valence-electron chi connectivity index (χ3n) is 8.80. The van der Waals surface area contributed by atoms with Crippen LogP contribution >= 0.6 is 0 Å². The normalized spacial score (nSPS) is 12.2. The third kappa shape index (κ3) is 16.9. The molecule has 0 amide bonds. The maximum Gasteiger partial charge on any atom is 0.325 e. The van der Waals surface area contributed by atoms with Crippen molar-refractivity contribution in [3.8, 4) is 0 Å². The zero-order chi connectivity index (χ0) is 34.4. The van der Waals surface area contributed by atoms with E-state index in [2.05, 4.69) is 27.6 Å². The van der Waals surface area contributed by atoms with Gasteiger partial charge in [-0.1, -0.05) is 173 Å². The molecule has 2 rings (SSSR count). The highest BCUT2D eigenvalue weighted by Crippen LogP contribution is 2.26. The number of rotatable bonds is 28. The van der Waals surface area contributed by atoms with Crippen molar-refractivity contribution < 1.29 is 30.5 Å². The van der Waals surface area contributed by atoms with E-state index in [1.54, 1.807) is 12.1 Å². The van der Waals surface area contributed by atoms with E-state index < -0.39 is 20.2 Å². The van der Waals surface area contributed by atoms with E-state index in [1.807, 2.05) is 26.0 Å². The molecule has 2 aromatic rings. The SMILES string of the molecule is CCCCCCCCCCCCc1cc(C)ccc1S(=O)(=O)OOOS(=O)(=O)c1ccc(C)cc1CCCCCCCCCCCC. The minimum Gasteiger partial charge on any atom is -0.191 e. The second-order valence-corrected chi connectivity index (χ2v) is 16.2. The van der Waals surface area contributed by atoms with Gasteiger partial charge < -0.3 is 0 Å². The van der Waals surface area contributed by atoms with Gasteiger partial charge in [-0.2, -0.15) is 16.8 Å². The van der Waals surface area contributed by atoms with Crippen LogP contribution in [0, 0.1) is 13.8 Å². The van der Waals surface area contributed by atoms with Crippen molar-refractivity contribution in [2.75, 3.05) is 0 Å². The standard InChI is InChI=1S/C38H62O7S2/c1-5-7-9-11-13-15-17-19-21-23-25-35-31-33(3)27-29-37(35)46(39,40)44-43-45-47(41,42)38-30-28-34(4)32-36(38)26-24-22-20-18-16-14-12-10-8-6-2/h27-32H,5-26H2,1-4H3. The molecule has 7 nitrogen and oxygen atoms in total. The summed E-state index contributed by atoms with van der Waals surface area (Å²) < 4.78 is 61.6. The lowest BCUT2D eigenvalue weighted by Crippen LogP contribution is -2.15. The summed E-state index contributed by atoms with van der Waals surface area (Å²) in [6.45, 7) is 8.26. The highest BCUT2D eigenvalue weighted by atomic mass is 32.2. The second kappa shape index (κ2) is 23.6. The van der Waals surface area contributed by atoms with Crippen LogP contribution in [0.1, 0.15) is 165 Å². The Labute approximate surface area is 287 Å². The first-order chi connectivity index (χ1) is 22.6. The average molecular weight is 695 g/mol. The minimum atomic E-state index is -4.44. The molecule has 0 aromatic heterocycles. The molecule has 0 N–H and O–H groups in total. The van der Waals surface area contributed by atoms with Crippen LogP contribution < -0.4 is 0 Å². The Morgan fingerprint density at radius 3 is 1.06 bits per heavy atom. The number of hydrogen-bond acceptors (Lipinski definition) is 7. The Morgan fingerprint density at radius 2 is 0.745 bits per heavy atom. The summed E-state index contributed by atoms with van der Waals surface area (Å²) in [5, 5.41) is 4.48. The predicted octanol–water partition coefficient (Wildman–Crippen LogP) is 11.2. The largest absolute Gasteiger partial charge is 0.325 e. The van der Waals surface area contributed by atoms with Crippen LogP contribution in [0.2, 0.25) is 0 Å². The Hall–Kier alpha value is -1.78. The summed E-state index contributed by atoms with van der Waals surface area (Å²) in [4.78, 5) is -0.0889. The molecule has 0 aliphatic carbocycles. The summed E-state index contributed by atoms with van der Waals surface area (Å²) in [5.41, 5.74) is 3.10. The number of benzene rings is 2. The lowest BCUT2D eigenvalue weighted by Gasteiger charge is -2.12. The van der Waals surface area contributed by atoms with Gasteiger partial charge >= 0.3 is 20.2 Å². The molecule has 0 spiro atoms. The fourth-order valence-electron chi connectivity index (χ4n) is 6.06. The molecule has 0 fully saturated rings. The molecule has 0 unspecified atom stereocenters. The smallest absolute Gasteiger partial charge is 0.191 e. The minimum absolute atomic E-state index is 0.0444. The molecule has 9 heteroatoms. The van der Waals surface area contributed by atoms with E-state index in [0.717, 1.165) is 49.7 Å². The Bertz CT molecular complexity index is 1250. The Morgan fingerprint density at radius 1 is 0.447 bits per heavy atom. The molecule has 268 valence electrons. The van der Waals surface area contributed by atoms with Gasteiger partial charge in [0.1, 0.15) is 0 Å². The van der Waals surface area contributed by atoms with Crippen molar-refractivity contribution in [3.63, 3.8) is 0 Å². The molecule has 0 saturated heterocycles. The lowest BCUT2D eigenvalue weighted by molar-refractivity contribution is -0.407. The van der Waals surface area contributed by atoms with E-state index in [9.17, 15) is 16.8 Å². The van der Waals surface area contributed by atoms with Gasteiger partial charge in [-0.25, -0.2) is 0 Å². The van der Waals surface area contributed by atoms with Crippen LogP contribution in [0.25, 0.3) is 0 Å². The summed E-state index contributed by atoms with van der Waals surface area (Å²) in [5.74, 6) is 0. The van der Waals surface area contributed by atoms with Crippen LogP contribution in [0.4, 0.5) is 0 Å². The van der Waals surface area contributed by atoms with Gasteiger partial charge in [0.05, 0.1) is 9.79 Å². The molecular formula is C38H62O7S2. The van der Waals surface area contributed by atoms with Crippen molar-refractivity contribution in [3.05, 3.63) is 58.7 Å². The van der Waals surface area contributed by atoms with Crippen LogP contribution in [0.15, 0.2) is 46.2 Å². The highest BCUT2D eigenvalue weighted by Gasteiger charge is 2.26. The highest BCUT2D eigenvalue weighted by molar-refractivity contribution is 7.87. The van der Waals surface area contributed by atoms with E-state index in [-0.39, 0.29) is 9.79 Å². The van der Waals surface area contributed by atoms with Crippen molar-refractivity contribution in [1.82, 2.24) is 0 Å². The molecule has 0 atom stereocenters. The maximum atomic E-state index is 13.1. The first-order valence-electron chi connectivity index (χ1n) is 18.3. The van der Waals surface area contributed by atoms with Gasteiger partial charge in [-0.3, -0.25) is 0 Å². The quantitative estimate of drug-likeness (QED) is 0.0497. The van der Waals surface area contributed by atoms with Gasteiger partial charge in [0.2, 0.25) is 0 Å². The third-order valence-corrected chi connectivity index (χ3v) is 11.1.